The fourth-order valence-corrected chi connectivity index (χ4v) is 8.58. The van der Waals surface area contributed by atoms with Gasteiger partial charge in [-0.05, 0) is 12.8 Å². The molecule has 7 atom stereocenters. The van der Waals surface area contributed by atoms with Crippen LogP contribution in [0.5, 0.6) is 0 Å². The molecule has 0 saturated carbocycles. The van der Waals surface area contributed by atoms with Crippen molar-refractivity contribution in [2.45, 2.75) is 301 Å². The first-order valence-electron chi connectivity index (χ1n) is 25.7. The summed E-state index contributed by atoms with van der Waals surface area (Å²) in [6, 6.07) is -0.708. The first kappa shape index (κ1) is 56.2. The fraction of sp³-hybridized carbons (Fsp3) is 0.980. The minimum atomic E-state index is -1.55. The van der Waals surface area contributed by atoms with Crippen LogP contribution in [0.15, 0.2) is 0 Å². The van der Waals surface area contributed by atoms with Gasteiger partial charge in [-0.25, -0.2) is 0 Å². The van der Waals surface area contributed by atoms with Gasteiger partial charge in [0.25, 0.3) is 0 Å². The standard InChI is InChI=1S/C50H99NO8/c1-3-5-7-8-9-10-11-12-13-14-15-16-17-18-19-20-21-22-23-24-25-26-27-28-29-30-31-32-33-34-35-36-38-40-46(54)51-43(44(53)39-37-6-4-2)42-58-50-49(57)48(56)47(55)45(41-52)59-50/h43-45,47-50,52-53,55-57H,3-42H2,1-2H3,(H,51,54). The van der Waals surface area contributed by atoms with E-state index in [1.807, 2.05) is 0 Å². The average Bonchev–Trinajstić information content (AvgIpc) is 3.23. The fourth-order valence-electron chi connectivity index (χ4n) is 8.58. The lowest BCUT2D eigenvalue weighted by Crippen LogP contribution is -2.60. The third-order valence-electron chi connectivity index (χ3n) is 12.7. The summed E-state index contributed by atoms with van der Waals surface area (Å²) in [6.45, 7) is 3.69. The van der Waals surface area contributed by atoms with E-state index in [-0.39, 0.29) is 12.5 Å². The maximum Gasteiger partial charge on any atom is 0.220 e. The molecular formula is C50H99NO8. The van der Waals surface area contributed by atoms with Crippen LogP contribution in [-0.4, -0.2) is 87.5 Å². The topological polar surface area (TPSA) is 149 Å². The Balaban J connectivity index is 1.92. The monoisotopic (exact) mass is 842 g/mol. The summed E-state index contributed by atoms with van der Waals surface area (Å²) in [5.41, 5.74) is 0. The summed E-state index contributed by atoms with van der Waals surface area (Å²) >= 11 is 0. The van der Waals surface area contributed by atoms with Crippen LogP contribution in [0.4, 0.5) is 0 Å². The Morgan fingerprint density at radius 3 is 1.20 bits per heavy atom. The number of rotatable bonds is 44. The van der Waals surface area contributed by atoms with Gasteiger partial charge in [-0.3, -0.25) is 4.79 Å². The van der Waals surface area contributed by atoms with Gasteiger partial charge in [0.2, 0.25) is 5.91 Å². The Morgan fingerprint density at radius 2 is 0.847 bits per heavy atom. The summed E-state index contributed by atoms with van der Waals surface area (Å²) < 4.78 is 11.1. The average molecular weight is 842 g/mol. The van der Waals surface area contributed by atoms with E-state index in [1.54, 1.807) is 0 Å². The molecule has 59 heavy (non-hydrogen) atoms. The van der Waals surface area contributed by atoms with Gasteiger partial charge in [-0.15, -0.1) is 0 Å². The molecule has 0 aromatic rings. The van der Waals surface area contributed by atoms with Crippen LogP contribution in [0, 0.1) is 0 Å². The van der Waals surface area contributed by atoms with E-state index in [2.05, 4.69) is 19.2 Å². The molecule has 6 N–H and O–H groups in total. The maximum absolute atomic E-state index is 12.8. The molecule has 0 aromatic carbocycles. The van der Waals surface area contributed by atoms with Crippen molar-refractivity contribution in [3.63, 3.8) is 0 Å². The number of hydrogen-bond donors (Lipinski definition) is 6. The lowest BCUT2D eigenvalue weighted by Gasteiger charge is -2.40. The summed E-state index contributed by atoms with van der Waals surface area (Å²) in [5, 5.41) is 53.6. The quantitative estimate of drug-likeness (QED) is 0.0332. The number of nitrogens with one attached hydrogen (secondary N) is 1. The minimum absolute atomic E-state index is 0.138. The smallest absolute Gasteiger partial charge is 0.220 e. The molecule has 9 nitrogen and oxygen atoms in total. The number of carbonyl (C=O) groups is 1. The van der Waals surface area contributed by atoms with Crippen molar-refractivity contribution in [3.05, 3.63) is 0 Å². The second kappa shape index (κ2) is 41.2. The molecule has 1 rings (SSSR count). The summed E-state index contributed by atoms with van der Waals surface area (Å²) in [6.07, 6.45) is 41.1. The van der Waals surface area contributed by atoms with Crippen LogP contribution >= 0.6 is 0 Å². The highest BCUT2D eigenvalue weighted by Gasteiger charge is 2.44. The lowest BCUT2D eigenvalue weighted by atomic mass is 9.99. The normalized spacial score (nSPS) is 20.6. The van der Waals surface area contributed by atoms with Gasteiger partial charge in [0.15, 0.2) is 6.29 Å². The highest BCUT2D eigenvalue weighted by Crippen LogP contribution is 2.23. The predicted octanol–water partition coefficient (Wildman–Crippen LogP) is 11.5. The largest absolute Gasteiger partial charge is 0.394 e. The Hall–Kier alpha value is -0.810. The molecule has 0 radical (unpaired) electrons. The summed E-state index contributed by atoms with van der Waals surface area (Å²) in [7, 11) is 0. The van der Waals surface area contributed by atoms with E-state index in [9.17, 15) is 30.3 Å². The Labute approximate surface area is 364 Å². The third kappa shape index (κ3) is 31.6. The lowest BCUT2D eigenvalue weighted by molar-refractivity contribution is -0.302. The second-order valence-electron chi connectivity index (χ2n) is 18.3. The van der Waals surface area contributed by atoms with Crippen molar-refractivity contribution in [2.24, 2.45) is 0 Å². The number of ether oxygens (including phenoxy) is 2. The molecule has 9 heteroatoms. The molecule has 1 fully saturated rings. The molecule has 0 aliphatic carbocycles. The van der Waals surface area contributed by atoms with Crippen molar-refractivity contribution in [2.75, 3.05) is 13.2 Å². The molecule has 1 amide bonds. The summed E-state index contributed by atoms with van der Waals surface area (Å²) in [5.74, 6) is -0.150. The van der Waals surface area contributed by atoms with Crippen LogP contribution in [0.1, 0.15) is 258 Å². The molecule has 0 bridgehead atoms. The molecule has 0 aromatic heterocycles. The molecular weight excluding hydrogens is 743 g/mol. The molecule has 352 valence electrons. The van der Waals surface area contributed by atoms with Gasteiger partial charge in [0.05, 0.1) is 25.4 Å². The van der Waals surface area contributed by atoms with Gasteiger partial charge in [0.1, 0.15) is 24.4 Å². The zero-order chi connectivity index (χ0) is 43.0. The Bertz CT molecular complexity index is 893. The molecule has 1 saturated heterocycles. The van der Waals surface area contributed by atoms with Gasteiger partial charge in [-0.2, -0.15) is 0 Å². The highest BCUT2D eigenvalue weighted by molar-refractivity contribution is 5.76. The summed E-state index contributed by atoms with van der Waals surface area (Å²) in [4.78, 5) is 12.8. The molecule has 0 spiro atoms. The minimum Gasteiger partial charge on any atom is -0.394 e. The molecule has 1 heterocycles. The highest BCUT2D eigenvalue weighted by atomic mass is 16.7. The van der Waals surface area contributed by atoms with Crippen LogP contribution < -0.4 is 5.32 Å². The van der Waals surface area contributed by atoms with Crippen LogP contribution in [0.3, 0.4) is 0 Å². The third-order valence-corrected chi connectivity index (χ3v) is 12.7. The first-order chi connectivity index (χ1) is 28.8. The Kier molecular flexibility index (Phi) is 39.3. The van der Waals surface area contributed by atoms with Gasteiger partial charge in [0, 0.05) is 6.42 Å². The van der Waals surface area contributed by atoms with E-state index in [1.165, 1.54) is 193 Å². The van der Waals surface area contributed by atoms with E-state index >= 15 is 0 Å². The number of aliphatic hydroxyl groups is 5. The van der Waals surface area contributed by atoms with E-state index in [0.29, 0.717) is 12.8 Å². The van der Waals surface area contributed by atoms with Crippen LogP contribution in [0.2, 0.25) is 0 Å². The zero-order valence-electron chi connectivity index (χ0n) is 38.8. The van der Waals surface area contributed by atoms with E-state index in [4.69, 9.17) is 9.47 Å². The van der Waals surface area contributed by atoms with Gasteiger partial charge in [-0.1, -0.05) is 239 Å². The van der Waals surface area contributed by atoms with Gasteiger partial charge < -0.3 is 40.3 Å². The van der Waals surface area contributed by atoms with E-state index < -0.39 is 49.5 Å². The number of aliphatic hydroxyl groups excluding tert-OH is 5. The SMILES string of the molecule is CCCCCCCCCCCCCCCCCCCCCCCCCCCCCCCCCCCC(=O)NC(COC1OC(CO)C(O)C(O)C1O)C(O)CCCCC. The van der Waals surface area contributed by atoms with Crippen molar-refractivity contribution < 1.29 is 39.8 Å². The van der Waals surface area contributed by atoms with Crippen molar-refractivity contribution in [1.29, 1.82) is 0 Å². The van der Waals surface area contributed by atoms with Crippen LogP contribution in [-0.2, 0) is 14.3 Å². The number of hydrogen-bond acceptors (Lipinski definition) is 8. The zero-order valence-corrected chi connectivity index (χ0v) is 38.8. The predicted molar refractivity (Wildman–Crippen MR) is 244 cm³/mol. The second-order valence-corrected chi connectivity index (χ2v) is 18.3. The van der Waals surface area contributed by atoms with Crippen molar-refractivity contribution in [1.82, 2.24) is 5.32 Å². The van der Waals surface area contributed by atoms with Crippen molar-refractivity contribution in [3.8, 4) is 0 Å². The maximum atomic E-state index is 12.8. The Morgan fingerprint density at radius 1 is 0.508 bits per heavy atom. The van der Waals surface area contributed by atoms with E-state index in [0.717, 1.165) is 38.5 Å². The molecule has 7 unspecified atom stereocenters. The first-order valence-corrected chi connectivity index (χ1v) is 25.7. The molecule has 1 aliphatic rings. The van der Waals surface area contributed by atoms with Crippen LogP contribution in [0.25, 0.3) is 0 Å². The number of carbonyl (C=O) groups excluding carboxylic acids is 1. The number of amides is 1. The van der Waals surface area contributed by atoms with Crippen molar-refractivity contribution >= 4 is 5.91 Å². The number of unbranched alkanes of at least 4 members (excludes halogenated alkanes) is 34. The van der Waals surface area contributed by atoms with Gasteiger partial charge >= 0.3 is 0 Å². The molecule has 1 aliphatic heterocycles.